The first-order valence-electron chi connectivity index (χ1n) is 11.3. The molecule has 0 saturated heterocycles. The van der Waals surface area contributed by atoms with Gasteiger partial charge in [0.25, 0.3) is 0 Å². The Kier molecular flexibility index (Phi) is 6.36. The monoisotopic (exact) mass is 484 g/mol. The van der Waals surface area contributed by atoms with Crippen molar-refractivity contribution in [3.05, 3.63) is 100 Å². The van der Waals surface area contributed by atoms with Gasteiger partial charge in [-0.2, -0.15) is 0 Å². The lowest BCUT2D eigenvalue weighted by Crippen LogP contribution is -2.06. The molecule has 7 nitrogen and oxygen atoms in total. The fraction of sp³-hybridized carbons (Fsp3) is 0.138. The number of ether oxygens (including phenoxy) is 4. The van der Waals surface area contributed by atoms with Crippen molar-refractivity contribution < 1.29 is 28.5 Å². The van der Waals surface area contributed by atoms with E-state index in [0.717, 1.165) is 11.1 Å². The van der Waals surface area contributed by atoms with Gasteiger partial charge in [-0.05, 0) is 17.2 Å². The van der Waals surface area contributed by atoms with Gasteiger partial charge in [-0.1, -0.05) is 60.7 Å². The average molecular weight is 485 g/mol. The van der Waals surface area contributed by atoms with Crippen LogP contribution in [0.1, 0.15) is 11.1 Å². The molecule has 1 heterocycles. The molecule has 36 heavy (non-hydrogen) atoms. The summed E-state index contributed by atoms with van der Waals surface area (Å²) in [5.41, 5.74) is 1.43. The molecule has 0 radical (unpaired) electrons. The summed E-state index contributed by atoms with van der Waals surface area (Å²) in [6.07, 6.45) is 0. The quantitative estimate of drug-likeness (QED) is 0.219. The van der Waals surface area contributed by atoms with Crippen LogP contribution in [0.4, 0.5) is 0 Å². The minimum Gasteiger partial charge on any atom is -0.507 e. The number of benzene rings is 4. The molecule has 5 rings (SSSR count). The van der Waals surface area contributed by atoms with Gasteiger partial charge in [-0.15, -0.1) is 0 Å². The van der Waals surface area contributed by atoms with Gasteiger partial charge in [0, 0.05) is 17.5 Å². The Morgan fingerprint density at radius 3 is 1.94 bits per heavy atom. The zero-order valence-electron chi connectivity index (χ0n) is 19.8. The number of methoxy groups -OCH3 is 2. The highest BCUT2D eigenvalue weighted by atomic mass is 16.5. The molecule has 0 bridgehead atoms. The number of fused-ring (bicyclic) bond motifs is 3. The second kappa shape index (κ2) is 9.92. The standard InChI is InChI=1S/C29H24O7/c1-32-20-13-21-25(22(30)14-20)29(31)36-23-15-24(33-2)27(34-16-18-9-5-3-6-10-18)28(26(21)23)35-17-19-11-7-4-8-12-19/h3-15,30H,16-17H2,1-2H3. The van der Waals surface area contributed by atoms with Crippen LogP contribution in [-0.4, -0.2) is 19.3 Å². The number of phenolic OH excluding ortho intramolecular Hbond substituents is 1. The first kappa shape index (κ1) is 23.1. The van der Waals surface area contributed by atoms with Crippen LogP contribution < -0.4 is 24.6 Å². The third-order valence-electron chi connectivity index (χ3n) is 5.84. The van der Waals surface area contributed by atoms with E-state index in [0.29, 0.717) is 33.8 Å². The molecule has 0 aliphatic rings. The maximum atomic E-state index is 12.8. The molecule has 1 aromatic heterocycles. The maximum absolute atomic E-state index is 12.8. The zero-order chi connectivity index (χ0) is 25.1. The van der Waals surface area contributed by atoms with Gasteiger partial charge >= 0.3 is 5.63 Å². The highest BCUT2D eigenvalue weighted by Crippen LogP contribution is 2.47. The summed E-state index contributed by atoms with van der Waals surface area (Å²) >= 11 is 0. The van der Waals surface area contributed by atoms with Crippen molar-refractivity contribution in [3.8, 4) is 28.7 Å². The fourth-order valence-electron chi connectivity index (χ4n) is 4.10. The van der Waals surface area contributed by atoms with Gasteiger partial charge in [0.2, 0.25) is 5.75 Å². The normalized spacial score (nSPS) is 10.9. The van der Waals surface area contributed by atoms with Crippen molar-refractivity contribution in [2.24, 2.45) is 0 Å². The van der Waals surface area contributed by atoms with Crippen molar-refractivity contribution in [3.63, 3.8) is 0 Å². The molecule has 7 heteroatoms. The Hall–Kier alpha value is -4.65. The molecule has 5 aromatic rings. The molecule has 0 fully saturated rings. The summed E-state index contributed by atoms with van der Waals surface area (Å²) in [5.74, 6) is 1.14. The predicted molar refractivity (Wildman–Crippen MR) is 136 cm³/mol. The molecule has 0 aliphatic carbocycles. The molecule has 1 N–H and O–H groups in total. The Morgan fingerprint density at radius 1 is 0.750 bits per heavy atom. The second-order valence-electron chi connectivity index (χ2n) is 8.12. The molecule has 0 atom stereocenters. The largest absolute Gasteiger partial charge is 0.507 e. The third kappa shape index (κ3) is 4.38. The van der Waals surface area contributed by atoms with E-state index in [1.807, 2.05) is 60.7 Å². The minimum absolute atomic E-state index is 0.0204. The fourth-order valence-corrected chi connectivity index (χ4v) is 4.10. The zero-order valence-corrected chi connectivity index (χ0v) is 19.8. The van der Waals surface area contributed by atoms with Crippen molar-refractivity contribution >= 4 is 21.7 Å². The van der Waals surface area contributed by atoms with Crippen molar-refractivity contribution in [2.75, 3.05) is 14.2 Å². The lowest BCUT2D eigenvalue weighted by Gasteiger charge is -2.19. The van der Waals surface area contributed by atoms with E-state index < -0.39 is 5.63 Å². The average Bonchev–Trinajstić information content (AvgIpc) is 2.91. The third-order valence-corrected chi connectivity index (χ3v) is 5.84. The van der Waals surface area contributed by atoms with Gasteiger partial charge in [-0.3, -0.25) is 0 Å². The number of hydrogen-bond acceptors (Lipinski definition) is 7. The summed E-state index contributed by atoms with van der Waals surface area (Å²) < 4.78 is 29.2. The van der Waals surface area contributed by atoms with E-state index in [-0.39, 0.29) is 29.9 Å². The summed E-state index contributed by atoms with van der Waals surface area (Å²) in [6.45, 7) is 0.481. The van der Waals surface area contributed by atoms with Crippen molar-refractivity contribution in [1.82, 2.24) is 0 Å². The molecule has 0 unspecified atom stereocenters. The number of aromatic hydroxyl groups is 1. The van der Waals surface area contributed by atoms with Crippen LogP contribution in [0.3, 0.4) is 0 Å². The van der Waals surface area contributed by atoms with Crippen LogP contribution in [0.15, 0.2) is 88.1 Å². The summed E-state index contributed by atoms with van der Waals surface area (Å²) in [4.78, 5) is 12.8. The Balaban J connectivity index is 1.76. The SMILES string of the molecule is COc1cc(O)c2c(=O)oc3cc(OC)c(OCc4ccccc4)c(OCc4ccccc4)c3c2c1. The lowest BCUT2D eigenvalue weighted by molar-refractivity contribution is 0.246. The first-order valence-corrected chi connectivity index (χ1v) is 11.3. The number of hydrogen-bond donors (Lipinski definition) is 1. The number of phenols is 1. The molecule has 182 valence electrons. The predicted octanol–water partition coefficient (Wildman–Crippen LogP) is 5.83. The van der Waals surface area contributed by atoms with Gasteiger partial charge in [0.1, 0.15) is 35.7 Å². The molecule has 0 amide bonds. The van der Waals surface area contributed by atoms with E-state index in [1.165, 1.54) is 20.3 Å². The van der Waals surface area contributed by atoms with Crippen LogP contribution in [0.2, 0.25) is 0 Å². The maximum Gasteiger partial charge on any atom is 0.347 e. The Morgan fingerprint density at radius 2 is 1.36 bits per heavy atom. The van der Waals surface area contributed by atoms with E-state index >= 15 is 0 Å². The molecular weight excluding hydrogens is 460 g/mol. The highest BCUT2D eigenvalue weighted by molar-refractivity contribution is 6.11. The molecule has 0 spiro atoms. The minimum atomic E-state index is -0.688. The van der Waals surface area contributed by atoms with E-state index in [2.05, 4.69) is 0 Å². The second-order valence-corrected chi connectivity index (χ2v) is 8.12. The Bertz CT molecular complexity index is 1580. The van der Waals surface area contributed by atoms with Gasteiger partial charge < -0.3 is 28.5 Å². The van der Waals surface area contributed by atoms with Crippen LogP contribution in [0.5, 0.6) is 28.7 Å². The first-order chi connectivity index (χ1) is 17.6. The van der Waals surface area contributed by atoms with E-state index in [1.54, 1.807) is 12.1 Å². The smallest absolute Gasteiger partial charge is 0.347 e. The van der Waals surface area contributed by atoms with Gasteiger partial charge in [0.05, 0.1) is 19.6 Å². The van der Waals surface area contributed by atoms with Gasteiger partial charge in [0.15, 0.2) is 11.5 Å². The lowest BCUT2D eigenvalue weighted by atomic mass is 10.0. The molecule has 0 saturated carbocycles. The molecule has 4 aromatic carbocycles. The van der Waals surface area contributed by atoms with Crippen LogP contribution in [-0.2, 0) is 13.2 Å². The highest BCUT2D eigenvalue weighted by Gasteiger charge is 2.24. The molecule has 0 aliphatic heterocycles. The van der Waals surface area contributed by atoms with E-state index in [9.17, 15) is 9.90 Å². The Labute approximate surface area is 207 Å². The van der Waals surface area contributed by atoms with Crippen molar-refractivity contribution in [2.45, 2.75) is 13.2 Å². The van der Waals surface area contributed by atoms with Crippen molar-refractivity contribution in [1.29, 1.82) is 0 Å². The van der Waals surface area contributed by atoms with E-state index in [4.69, 9.17) is 23.4 Å². The topological polar surface area (TPSA) is 87.4 Å². The van der Waals surface area contributed by atoms with Crippen LogP contribution >= 0.6 is 0 Å². The van der Waals surface area contributed by atoms with Crippen LogP contribution in [0.25, 0.3) is 21.7 Å². The van der Waals surface area contributed by atoms with Crippen LogP contribution in [0, 0.1) is 0 Å². The summed E-state index contributed by atoms with van der Waals surface area (Å²) in [7, 11) is 2.99. The van der Waals surface area contributed by atoms with Gasteiger partial charge in [-0.25, -0.2) is 4.79 Å². The summed E-state index contributed by atoms with van der Waals surface area (Å²) in [5, 5.41) is 11.5. The summed E-state index contributed by atoms with van der Waals surface area (Å²) in [6, 6.07) is 24.0. The number of rotatable bonds is 8. The molecular formula is C29H24O7.